The molecule has 17 heavy (non-hydrogen) atoms. The van der Waals surface area contributed by atoms with Crippen molar-refractivity contribution in [2.45, 2.75) is 19.9 Å². The summed E-state index contributed by atoms with van der Waals surface area (Å²) in [6.45, 7) is 2.71. The number of rotatable bonds is 4. The summed E-state index contributed by atoms with van der Waals surface area (Å²) in [5.41, 5.74) is 1.02. The van der Waals surface area contributed by atoms with Crippen LogP contribution >= 0.6 is 11.6 Å². The first-order valence-corrected chi connectivity index (χ1v) is 5.95. The van der Waals surface area contributed by atoms with Crippen molar-refractivity contribution in [3.63, 3.8) is 0 Å². The molecule has 0 saturated carbocycles. The van der Waals surface area contributed by atoms with Crippen LogP contribution in [-0.2, 0) is 20.0 Å². The number of nitrogens with one attached hydrogen (secondary N) is 1. The van der Waals surface area contributed by atoms with Crippen molar-refractivity contribution in [3.05, 3.63) is 40.9 Å². The van der Waals surface area contributed by atoms with Gasteiger partial charge in [0.25, 0.3) is 0 Å². The molecule has 5 heteroatoms. The van der Waals surface area contributed by atoms with E-state index in [9.17, 15) is 0 Å². The fourth-order valence-electron chi connectivity index (χ4n) is 1.53. The Morgan fingerprint density at radius 1 is 1.29 bits per heavy atom. The zero-order valence-corrected chi connectivity index (χ0v) is 10.7. The van der Waals surface area contributed by atoms with Crippen molar-refractivity contribution in [2.75, 3.05) is 5.32 Å². The van der Waals surface area contributed by atoms with E-state index >= 15 is 0 Å². The molecule has 1 heterocycles. The fourth-order valence-corrected chi connectivity index (χ4v) is 1.65. The number of hydrogen-bond acceptors (Lipinski definition) is 3. The van der Waals surface area contributed by atoms with Gasteiger partial charge in [-0.25, -0.2) is 4.98 Å². The van der Waals surface area contributed by atoms with Crippen LogP contribution < -0.4 is 5.32 Å². The molecule has 2 aromatic rings. The third kappa shape index (κ3) is 2.97. The quantitative estimate of drug-likeness (QED) is 0.907. The maximum Gasteiger partial charge on any atom is 0.150 e. The number of hydrogen-bond donors (Lipinski definition) is 1. The fraction of sp³-hybridized carbons (Fsp3) is 0.333. The molecule has 0 bridgehead atoms. The predicted molar refractivity (Wildman–Crippen MR) is 69.2 cm³/mol. The van der Waals surface area contributed by atoms with Gasteiger partial charge >= 0.3 is 0 Å². The van der Waals surface area contributed by atoms with Crippen LogP contribution in [0.3, 0.4) is 0 Å². The highest BCUT2D eigenvalue weighted by atomic mass is 35.5. The number of anilines is 1. The molecule has 4 nitrogen and oxygen atoms in total. The van der Waals surface area contributed by atoms with Gasteiger partial charge in [0.2, 0.25) is 0 Å². The Labute approximate surface area is 106 Å². The van der Waals surface area contributed by atoms with Gasteiger partial charge in [0.1, 0.15) is 5.82 Å². The number of nitrogens with zero attached hydrogens (tertiary/aromatic N) is 3. The van der Waals surface area contributed by atoms with Gasteiger partial charge in [-0.15, -0.1) is 0 Å². The largest absolute Gasteiger partial charge is 0.378 e. The SMILES string of the molecule is CCc1nc(CNc2ccc(Cl)cc2)n(C)n1. The number of benzene rings is 1. The van der Waals surface area contributed by atoms with E-state index in [0.717, 1.165) is 28.8 Å². The first-order valence-electron chi connectivity index (χ1n) is 5.57. The zero-order chi connectivity index (χ0) is 12.3. The molecule has 0 spiro atoms. The minimum Gasteiger partial charge on any atom is -0.378 e. The molecule has 0 aliphatic rings. The molecule has 1 aromatic carbocycles. The second-order valence-corrected chi connectivity index (χ2v) is 4.22. The van der Waals surface area contributed by atoms with E-state index in [1.54, 1.807) is 0 Å². The molecule has 0 atom stereocenters. The summed E-state index contributed by atoms with van der Waals surface area (Å²) in [5.74, 6) is 1.80. The standard InChI is InChI=1S/C12H15ClN4/c1-3-11-15-12(17(2)16-11)8-14-10-6-4-9(13)5-7-10/h4-7,14H,3,8H2,1-2H3. The highest BCUT2D eigenvalue weighted by Crippen LogP contribution is 2.14. The predicted octanol–water partition coefficient (Wildman–Crippen LogP) is 2.64. The molecule has 0 unspecified atom stereocenters. The number of aromatic nitrogens is 3. The van der Waals surface area contributed by atoms with Crippen LogP contribution in [0.1, 0.15) is 18.6 Å². The van der Waals surface area contributed by atoms with Crippen LogP contribution in [0.4, 0.5) is 5.69 Å². The average molecular weight is 251 g/mol. The van der Waals surface area contributed by atoms with Crippen molar-refractivity contribution in [1.82, 2.24) is 14.8 Å². The molecule has 0 radical (unpaired) electrons. The monoisotopic (exact) mass is 250 g/mol. The van der Waals surface area contributed by atoms with Gasteiger partial charge in [-0.1, -0.05) is 18.5 Å². The molecule has 0 amide bonds. The minimum atomic E-state index is 0.658. The van der Waals surface area contributed by atoms with E-state index in [1.807, 2.05) is 42.9 Å². The topological polar surface area (TPSA) is 42.7 Å². The van der Waals surface area contributed by atoms with Crippen LogP contribution in [0.15, 0.2) is 24.3 Å². The Bertz CT molecular complexity index is 490. The molecule has 90 valence electrons. The molecular weight excluding hydrogens is 236 g/mol. The van der Waals surface area contributed by atoms with Gasteiger partial charge in [-0.2, -0.15) is 5.10 Å². The van der Waals surface area contributed by atoms with E-state index in [1.165, 1.54) is 0 Å². The molecular formula is C12H15ClN4. The van der Waals surface area contributed by atoms with Crippen LogP contribution in [0.5, 0.6) is 0 Å². The lowest BCUT2D eigenvalue weighted by atomic mass is 10.3. The van der Waals surface area contributed by atoms with Gasteiger partial charge in [0.05, 0.1) is 6.54 Å². The summed E-state index contributed by atoms with van der Waals surface area (Å²) >= 11 is 5.82. The van der Waals surface area contributed by atoms with Crippen molar-refractivity contribution < 1.29 is 0 Å². The maximum absolute atomic E-state index is 5.82. The smallest absolute Gasteiger partial charge is 0.150 e. The third-order valence-corrected chi connectivity index (χ3v) is 2.76. The number of halogens is 1. The second-order valence-electron chi connectivity index (χ2n) is 3.78. The lowest BCUT2D eigenvalue weighted by Gasteiger charge is -2.05. The zero-order valence-electron chi connectivity index (χ0n) is 9.94. The number of aryl methyl sites for hydroxylation is 2. The van der Waals surface area contributed by atoms with E-state index in [0.29, 0.717) is 6.54 Å². The molecule has 0 saturated heterocycles. The van der Waals surface area contributed by atoms with Gasteiger partial charge in [-0.3, -0.25) is 4.68 Å². The summed E-state index contributed by atoms with van der Waals surface area (Å²) in [7, 11) is 1.91. The van der Waals surface area contributed by atoms with Crippen molar-refractivity contribution in [3.8, 4) is 0 Å². The minimum absolute atomic E-state index is 0.658. The van der Waals surface area contributed by atoms with Crippen LogP contribution in [-0.4, -0.2) is 14.8 Å². The Morgan fingerprint density at radius 2 is 2.00 bits per heavy atom. The van der Waals surface area contributed by atoms with E-state index in [4.69, 9.17) is 11.6 Å². The van der Waals surface area contributed by atoms with Crippen molar-refractivity contribution >= 4 is 17.3 Å². The van der Waals surface area contributed by atoms with Gasteiger partial charge in [-0.05, 0) is 24.3 Å². The Kier molecular flexibility index (Phi) is 3.64. The van der Waals surface area contributed by atoms with Crippen molar-refractivity contribution in [2.24, 2.45) is 7.05 Å². The second kappa shape index (κ2) is 5.19. The normalized spacial score (nSPS) is 10.5. The van der Waals surface area contributed by atoms with Crippen molar-refractivity contribution in [1.29, 1.82) is 0 Å². The first-order chi connectivity index (χ1) is 8.19. The van der Waals surface area contributed by atoms with Gasteiger partial charge < -0.3 is 5.32 Å². The summed E-state index contributed by atoms with van der Waals surface area (Å²) in [5, 5.41) is 8.32. The summed E-state index contributed by atoms with van der Waals surface area (Å²) in [4.78, 5) is 4.42. The maximum atomic E-state index is 5.82. The molecule has 2 rings (SSSR count). The van der Waals surface area contributed by atoms with Crippen LogP contribution in [0.2, 0.25) is 5.02 Å². The summed E-state index contributed by atoms with van der Waals surface area (Å²) in [6.07, 6.45) is 0.856. The van der Waals surface area contributed by atoms with E-state index in [2.05, 4.69) is 15.4 Å². The van der Waals surface area contributed by atoms with E-state index in [-0.39, 0.29) is 0 Å². The lowest BCUT2D eigenvalue weighted by Crippen LogP contribution is -2.06. The third-order valence-electron chi connectivity index (χ3n) is 2.51. The van der Waals surface area contributed by atoms with Gasteiger partial charge in [0.15, 0.2) is 5.82 Å². The molecule has 0 aliphatic heterocycles. The molecule has 1 N–H and O–H groups in total. The summed E-state index contributed by atoms with van der Waals surface area (Å²) in [6, 6.07) is 7.61. The molecule has 0 fully saturated rings. The van der Waals surface area contributed by atoms with Crippen LogP contribution in [0.25, 0.3) is 0 Å². The van der Waals surface area contributed by atoms with E-state index < -0.39 is 0 Å². The van der Waals surface area contributed by atoms with Crippen LogP contribution in [0, 0.1) is 0 Å². The molecule has 1 aromatic heterocycles. The highest BCUT2D eigenvalue weighted by molar-refractivity contribution is 6.30. The van der Waals surface area contributed by atoms with Gasteiger partial charge in [0, 0.05) is 24.2 Å². The Balaban J connectivity index is 2.01. The molecule has 0 aliphatic carbocycles. The highest BCUT2D eigenvalue weighted by Gasteiger charge is 2.04. The average Bonchev–Trinajstić information content (AvgIpc) is 2.69. The Hall–Kier alpha value is -1.55. The summed E-state index contributed by atoms with van der Waals surface area (Å²) < 4.78 is 1.81. The Morgan fingerprint density at radius 3 is 2.59 bits per heavy atom. The first kappa shape index (κ1) is 11.9. The lowest BCUT2D eigenvalue weighted by molar-refractivity contribution is 0.703.